The SMILES string of the molecule is CC(=O)CC(Cl)N1CCN(S(=O)(=O)c2cc([N+](=O)[O-])ccc2Sc2cc(Cl)ccc2Cl)CC1. The summed E-state index contributed by atoms with van der Waals surface area (Å²) in [7, 11) is -4.07. The molecule has 0 aliphatic carbocycles. The van der Waals surface area contributed by atoms with E-state index in [9.17, 15) is 23.3 Å². The number of halogens is 3. The summed E-state index contributed by atoms with van der Waals surface area (Å²) in [4.78, 5) is 24.5. The van der Waals surface area contributed by atoms with Crippen molar-refractivity contribution in [3.63, 3.8) is 0 Å². The highest BCUT2D eigenvalue weighted by atomic mass is 35.5. The van der Waals surface area contributed by atoms with Gasteiger partial charge in [-0.05, 0) is 31.2 Å². The Labute approximate surface area is 211 Å². The van der Waals surface area contributed by atoms with E-state index in [1.807, 2.05) is 4.90 Å². The van der Waals surface area contributed by atoms with E-state index in [0.29, 0.717) is 32.9 Å². The molecule has 1 aliphatic heterocycles. The Morgan fingerprint density at radius 1 is 1.12 bits per heavy atom. The van der Waals surface area contributed by atoms with Gasteiger partial charge in [-0.2, -0.15) is 4.31 Å². The van der Waals surface area contributed by atoms with Crippen molar-refractivity contribution in [2.75, 3.05) is 26.2 Å². The van der Waals surface area contributed by atoms with Crippen molar-refractivity contribution in [1.29, 1.82) is 0 Å². The quantitative estimate of drug-likeness (QED) is 0.199. The van der Waals surface area contributed by atoms with Crippen LogP contribution in [0.3, 0.4) is 0 Å². The van der Waals surface area contributed by atoms with E-state index < -0.39 is 20.4 Å². The van der Waals surface area contributed by atoms with Gasteiger partial charge < -0.3 is 0 Å². The fraction of sp³-hybridized carbons (Fsp3) is 0.350. The van der Waals surface area contributed by atoms with E-state index in [-0.39, 0.29) is 35.9 Å². The van der Waals surface area contributed by atoms with Crippen LogP contribution in [0, 0.1) is 10.1 Å². The van der Waals surface area contributed by atoms with E-state index >= 15 is 0 Å². The van der Waals surface area contributed by atoms with Crippen LogP contribution in [0.1, 0.15) is 13.3 Å². The van der Waals surface area contributed by atoms with Crippen LogP contribution in [0.4, 0.5) is 5.69 Å². The zero-order valence-corrected chi connectivity index (χ0v) is 21.3. The van der Waals surface area contributed by atoms with Gasteiger partial charge in [0.05, 0.1) is 15.4 Å². The zero-order valence-electron chi connectivity index (χ0n) is 17.4. The number of Topliss-reactive ketones (excluding diaryl/α,β-unsaturated/α-hetero) is 1. The zero-order chi connectivity index (χ0) is 24.3. The van der Waals surface area contributed by atoms with E-state index in [1.54, 1.807) is 18.2 Å². The first-order chi connectivity index (χ1) is 15.5. The Morgan fingerprint density at radius 2 is 1.79 bits per heavy atom. The molecule has 8 nitrogen and oxygen atoms in total. The molecule has 3 rings (SSSR count). The van der Waals surface area contributed by atoms with Crippen LogP contribution < -0.4 is 0 Å². The molecule has 178 valence electrons. The molecule has 0 bridgehead atoms. The Balaban J connectivity index is 1.91. The molecule has 1 heterocycles. The molecule has 1 aliphatic rings. The third kappa shape index (κ3) is 6.39. The van der Waals surface area contributed by atoms with E-state index in [4.69, 9.17) is 34.8 Å². The van der Waals surface area contributed by atoms with Crippen molar-refractivity contribution in [2.45, 2.75) is 33.5 Å². The van der Waals surface area contributed by atoms with Crippen LogP contribution in [-0.4, -0.2) is 60.0 Å². The average molecular weight is 553 g/mol. The average Bonchev–Trinajstić information content (AvgIpc) is 2.76. The number of carbonyl (C=O) groups is 1. The highest BCUT2D eigenvalue weighted by Crippen LogP contribution is 2.40. The highest BCUT2D eigenvalue weighted by molar-refractivity contribution is 8.00. The summed E-state index contributed by atoms with van der Waals surface area (Å²) in [6, 6.07) is 8.50. The second-order valence-electron chi connectivity index (χ2n) is 7.35. The molecule has 1 saturated heterocycles. The highest BCUT2D eigenvalue weighted by Gasteiger charge is 2.33. The van der Waals surface area contributed by atoms with Crippen LogP contribution in [0.5, 0.6) is 0 Å². The molecule has 33 heavy (non-hydrogen) atoms. The topological polar surface area (TPSA) is 101 Å². The number of alkyl halides is 1. The first-order valence-corrected chi connectivity index (χ1v) is 13.2. The molecule has 1 unspecified atom stereocenters. The number of rotatable bonds is 8. The van der Waals surface area contributed by atoms with Gasteiger partial charge in [0.25, 0.3) is 5.69 Å². The molecule has 1 fully saturated rings. The normalized spacial score (nSPS) is 16.5. The smallest absolute Gasteiger partial charge is 0.270 e. The van der Waals surface area contributed by atoms with Crippen LogP contribution in [0.15, 0.2) is 51.1 Å². The van der Waals surface area contributed by atoms with Gasteiger partial charge in [0.2, 0.25) is 10.0 Å². The molecule has 0 N–H and O–H groups in total. The van der Waals surface area contributed by atoms with Gasteiger partial charge in [-0.1, -0.05) is 35.0 Å². The van der Waals surface area contributed by atoms with Gasteiger partial charge in [-0.25, -0.2) is 8.42 Å². The maximum Gasteiger partial charge on any atom is 0.270 e. The maximum absolute atomic E-state index is 13.5. The lowest BCUT2D eigenvalue weighted by molar-refractivity contribution is -0.385. The number of carbonyl (C=O) groups excluding carboxylic acids is 1. The number of nitro benzene ring substituents is 1. The number of hydrogen-bond acceptors (Lipinski definition) is 7. The molecule has 0 spiro atoms. The standard InChI is InChI=1S/C20H20Cl3N3O5S2/c1-13(27)10-20(23)24-6-8-25(9-7-24)33(30,31)19-12-15(26(28)29)3-5-17(19)32-18-11-14(21)2-4-16(18)22/h2-5,11-12,20H,6-10H2,1H3. The van der Waals surface area contributed by atoms with Gasteiger partial charge in [0.15, 0.2) is 0 Å². The summed E-state index contributed by atoms with van der Waals surface area (Å²) in [5.41, 5.74) is -0.850. The minimum Gasteiger partial charge on any atom is -0.300 e. The minimum absolute atomic E-state index is 0.0528. The molecule has 2 aromatic carbocycles. The first-order valence-electron chi connectivity index (χ1n) is 9.78. The molecular weight excluding hydrogens is 533 g/mol. The third-order valence-electron chi connectivity index (χ3n) is 4.99. The third-order valence-corrected chi connectivity index (χ3v) is 9.30. The summed E-state index contributed by atoms with van der Waals surface area (Å²) >= 11 is 19.6. The first kappa shape index (κ1) is 26.2. The second kappa shape index (κ2) is 10.9. The summed E-state index contributed by atoms with van der Waals surface area (Å²) in [6.45, 7) is 2.38. The summed E-state index contributed by atoms with van der Waals surface area (Å²) < 4.78 is 28.3. The van der Waals surface area contributed by atoms with E-state index in [1.165, 1.54) is 23.4 Å². The maximum atomic E-state index is 13.5. The molecule has 1 atom stereocenters. The number of ketones is 1. The van der Waals surface area contributed by atoms with Gasteiger partial charge >= 0.3 is 0 Å². The van der Waals surface area contributed by atoms with Crippen molar-refractivity contribution in [3.8, 4) is 0 Å². The lowest BCUT2D eigenvalue weighted by Gasteiger charge is -2.36. The van der Waals surface area contributed by atoms with Crippen molar-refractivity contribution in [1.82, 2.24) is 9.21 Å². The summed E-state index contributed by atoms with van der Waals surface area (Å²) in [6.07, 6.45) is 0.167. The number of non-ortho nitro benzene ring substituents is 1. The number of benzene rings is 2. The van der Waals surface area contributed by atoms with E-state index in [2.05, 4.69) is 0 Å². The largest absolute Gasteiger partial charge is 0.300 e. The lowest BCUT2D eigenvalue weighted by atomic mass is 10.2. The fourth-order valence-corrected chi connectivity index (χ4v) is 7.02. The van der Waals surface area contributed by atoms with Gasteiger partial charge in [0.1, 0.15) is 10.7 Å². The Hall–Kier alpha value is -1.40. The van der Waals surface area contributed by atoms with E-state index in [0.717, 1.165) is 17.8 Å². The van der Waals surface area contributed by atoms with Gasteiger partial charge in [-0.15, -0.1) is 11.6 Å². The van der Waals surface area contributed by atoms with Crippen LogP contribution in [-0.2, 0) is 14.8 Å². The Morgan fingerprint density at radius 3 is 2.39 bits per heavy atom. The Kier molecular flexibility index (Phi) is 8.66. The number of hydrogen-bond donors (Lipinski definition) is 0. The molecule has 2 aromatic rings. The van der Waals surface area contributed by atoms with Crippen LogP contribution in [0.25, 0.3) is 0 Å². The van der Waals surface area contributed by atoms with Crippen molar-refractivity contribution >= 4 is 68.1 Å². The molecule has 0 radical (unpaired) electrons. The lowest BCUT2D eigenvalue weighted by Crippen LogP contribution is -2.51. The fourth-order valence-electron chi connectivity index (χ4n) is 3.30. The molecular formula is C20H20Cl3N3O5S2. The van der Waals surface area contributed by atoms with Crippen molar-refractivity contribution in [3.05, 3.63) is 56.6 Å². The number of sulfonamides is 1. The molecule has 13 heteroatoms. The van der Waals surface area contributed by atoms with Crippen LogP contribution >= 0.6 is 46.6 Å². The van der Waals surface area contributed by atoms with Crippen LogP contribution in [0.2, 0.25) is 10.0 Å². The number of nitro groups is 1. The number of piperazine rings is 1. The minimum atomic E-state index is -4.07. The predicted molar refractivity (Wildman–Crippen MR) is 129 cm³/mol. The van der Waals surface area contributed by atoms with Gasteiger partial charge in [0, 0.05) is 59.5 Å². The van der Waals surface area contributed by atoms with Crippen molar-refractivity contribution in [2.24, 2.45) is 0 Å². The molecule has 0 amide bonds. The molecule has 0 saturated carbocycles. The monoisotopic (exact) mass is 551 g/mol. The van der Waals surface area contributed by atoms with Crippen molar-refractivity contribution < 1.29 is 18.1 Å². The number of nitrogens with zero attached hydrogens (tertiary/aromatic N) is 3. The second-order valence-corrected chi connectivity index (χ2v) is 11.7. The Bertz CT molecular complexity index is 1170. The summed E-state index contributed by atoms with van der Waals surface area (Å²) in [5.74, 6) is -0.0528. The molecule has 0 aromatic heterocycles. The summed E-state index contributed by atoms with van der Waals surface area (Å²) in [5, 5.41) is 12.1. The van der Waals surface area contributed by atoms with Gasteiger partial charge in [-0.3, -0.25) is 19.8 Å². The predicted octanol–water partition coefficient (Wildman–Crippen LogP) is 4.90.